The molecular weight excluding hydrogens is 250 g/mol. The van der Waals surface area contributed by atoms with E-state index in [9.17, 15) is 4.79 Å². The van der Waals surface area contributed by atoms with Gasteiger partial charge in [-0.2, -0.15) is 0 Å². The molecule has 0 unspecified atom stereocenters. The van der Waals surface area contributed by atoms with Gasteiger partial charge in [-0.25, -0.2) is 9.97 Å². The van der Waals surface area contributed by atoms with Crippen molar-refractivity contribution < 1.29 is 4.79 Å². The van der Waals surface area contributed by atoms with Gasteiger partial charge >= 0.3 is 0 Å². The molecule has 0 saturated heterocycles. The Hall–Kier alpha value is -2.49. The topological polar surface area (TPSA) is 58.6 Å². The van der Waals surface area contributed by atoms with E-state index < -0.39 is 0 Å². The fourth-order valence-electron chi connectivity index (χ4n) is 2.45. The summed E-state index contributed by atoms with van der Waals surface area (Å²) in [6.45, 7) is 3.58. The van der Waals surface area contributed by atoms with Crippen LogP contribution in [0.1, 0.15) is 18.4 Å². The molecule has 0 aliphatic heterocycles. The van der Waals surface area contributed by atoms with Crippen molar-refractivity contribution in [3.63, 3.8) is 0 Å². The van der Waals surface area contributed by atoms with Crippen LogP contribution >= 0.6 is 0 Å². The number of aromatic nitrogens is 3. The van der Waals surface area contributed by atoms with Crippen LogP contribution in [-0.4, -0.2) is 20.7 Å². The first-order valence-electron chi connectivity index (χ1n) is 6.54. The summed E-state index contributed by atoms with van der Waals surface area (Å²) in [5, 5.41) is 1.14. The maximum atomic E-state index is 11.2. The molecule has 4 nitrogen and oxygen atoms in total. The van der Waals surface area contributed by atoms with Crippen molar-refractivity contribution in [2.45, 2.75) is 20.3 Å². The van der Waals surface area contributed by atoms with Gasteiger partial charge < -0.3 is 4.98 Å². The van der Waals surface area contributed by atoms with Gasteiger partial charge in [0.2, 0.25) is 0 Å². The molecular formula is C16H15N3O. The normalized spacial score (nSPS) is 10.9. The lowest BCUT2D eigenvalue weighted by atomic mass is 10.1. The smallest absolute Gasteiger partial charge is 0.137 e. The molecule has 2 heterocycles. The number of hydrogen-bond acceptors (Lipinski definition) is 3. The van der Waals surface area contributed by atoms with Crippen LogP contribution in [0.3, 0.4) is 0 Å². The van der Waals surface area contributed by atoms with E-state index in [2.05, 4.69) is 21.0 Å². The SMILES string of the molecule is CC(=O)Cc1nccc(-c2c(C)[nH]c3ccccc23)n1. The largest absolute Gasteiger partial charge is 0.358 e. The van der Waals surface area contributed by atoms with E-state index in [1.807, 2.05) is 31.2 Å². The molecule has 0 bridgehead atoms. The number of para-hydroxylation sites is 1. The number of Topliss-reactive ketones (excluding diaryl/α,β-unsaturated/α-hetero) is 1. The summed E-state index contributed by atoms with van der Waals surface area (Å²) in [7, 11) is 0. The summed E-state index contributed by atoms with van der Waals surface area (Å²) in [6.07, 6.45) is 1.98. The van der Waals surface area contributed by atoms with Crippen molar-refractivity contribution in [1.29, 1.82) is 0 Å². The van der Waals surface area contributed by atoms with Gasteiger partial charge in [0, 0.05) is 28.4 Å². The molecule has 0 spiro atoms. The first-order chi connectivity index (χ1) is 9.65. The van der Waals surface area contributed by atoms with Gasteiger partial charge in [0.15, 0.2) is 0 Å². The second-order valence-electron chi connectivity index (χ2n) is 4.91. The van der Waals surface area contributed by atoms with Gasteiger partial charge in [-0.1, -0.05) is 18.2 Å². The summed E-state index contributed by atoms with van der Waals surface area (Å²) in [6, 6.07) is 10.0. The maximum Gasteiger partial charge on any atom is 0.137 e. The Morgan fingerprint density at radius 2 is 2.05 bits per heavy atom. The molecule has 0 aliphatic carbocycles. The van der Waals surface area contributed by atoms with Crippen molar-refractivity contribution in [3.05, 3.63) is 48.0 Å². The van der Waals surface area contributed by atoms with E-state index in [0.29, 0.717) is 5.82 Å². The molecule has 100 valence electrons. The zero-order valence-corrected chi connectivity index (χ0v) is 11.5. The molecule has 0 radical (unpaired) electrons. The Balaban J connectivity index is 2.15. The number of aryl methyl sites for hydroxylation is 1. The summed E-state index contributed by atoms with van der Waals surface area (Å²) in [5.74, 6) is 0.637. The number of aromatic amines is 1. The number of nitrogens with zero attached hydrogens (tertiary/aromatic N) is 2. The Morgan fingerprint density at radius 1 is 1.25 bits per heavy atom. The number of ketones is 1. The minimum atomic E-state index is 0.0674. The molecule has 1 N–H and O–H groups in total. The highest BCUT2D eigenvalue weighted by Crippen LogP contribution is 2.30. The predicted octanol–water partition coefficient (Wildman–Crippen LogP) is 3.06. The number of carbonyl (C=O) groups is 1. The standard InChI is InChI=1S/C16H15N3O/c1-10(20)9-15-17-8-7-14(19-15)16-11(2)18-13-6-4-3-5-12(13)16/h3-8,18H,9H2,1-2H3. The van der Waals surface area contributed by atoms with Crippen LogP contribution < -0.4 is 0 Å². The Morgan fingerprint density at radius 3 is 2.85 bits per heavy atom. The third kappa shape index (κ3) is 2.20. The molecule has 2 aromatic heterocycles. The number of H-pyrrole nitrogens is 1. The lowest BCUT2D eigenvalue weighted by Crippen LogP contribution is -2.02. The quantitative estimate of drug-likeness (QED) is 0.791. The lowest BCUT2D eigenvalue weighted by molar-refractivity contribution is -0.116. The van der Waals surface area contributed by atoms with Crippen molar-refractivity contribution in [1.82, 2.24) is 15.0 Å². The average Bonchev–Trinajstić information content (AvgIpc) is 2.74. The molecule has 0 atom stereocenters. The molecule has 20 heavy (non-hydrogen) atoms. The van der Waals surface area contributed by atoms with E-state index in [0.717, 1.165) is 27.9 Å². The van der Waals surface area contributed by atoms with Crippen LogP contribution in [0, 0.1) is 6.92 Å². The third-order valence-electron chi connectivity index (χ3n) is 3.26. The minimum Gasteiger partial charge on any atom is -0.358 e. The minimum absolute atomic E-state index is 0.0674. The number of hydrogen-bond donors (Lipinski definition) is 1. The van der Waals surface area contributed by atoms with Crippen LogP contribution in [0.2, 0.25) is 0 Å². The third-order valence-corrected chi connectivity index (χ3v) is 3.26. The predicted molar refractivity (Wildman–Crippen MR) is 78.4 cm³/mol. The van der Waals surface area contributed by atoms with Gasteiger partial charge in [-0.3, -0.25) is 4.79 Å². The molecule has 1 aromatic carbocycles. The van der Waals surface area contributed by atoms with Gasteiger partial charge in [0.25, 0.3) is 0 Å². The van der Waals surface area contributed by atoms with Crippen molar-refractivity contribution in [2.75, 3.05) is 0 Å². The van der Waals surface area contributed by atoms with E-state index in [-0.39, 0.29) is 12.2 Å². The zero-order valence-electron chi connectivity index (χ0n) is 11.5. The summed E-state index contributed by atoms with van der Waals surface area (Å²) >= 11 is 0. The number of carbonyl (C=O) groups excluding carboxylic acids is 1. The van der Waals surface area contributed by atoms with Gasteiger partial charge in [0.05, 0.1) is 12.1 Å². The van der Waals surface area contributed by atoms with E-state index in [1.54, 1.807) is 13.1 Å². The fraction of sp³-hybridized carbons (Fsp3) is 0.188. The number of benzene rings is 1. The highest BCUT2D eigenvalue weighted by atomic mass is 16.1. The van der Waals surface area contributed by atoms with E-state index in [1.165, 1.54) is 0 Å². The van der Waals surface area contributed by atoms with E-state index >= 15 is 0 Å². The van der Waals surface area contributed by atoms with Crippen molar-refractivity contribution in [2.24, 2.45) is 0 Å². The molecule has 0 fully saturated rings. The Bertz CT molecular complexity index is 789. The monoisotopic (exact) mass is 265 g/mol. The first-order valence-corrected chi connectivity index (χ1v) is 6.54. The van der Waals surface area contributed by atoms with Crippen molar-refractivity contribution in [3.8, 4) is 11.3 Å². The van der Waals surface area contributed by atoms with Gasteiger partial charge in [-0.15, -0.1) is 0 Å². The molecule has 3 rings (SSSR count). The Kier molecular flexibility index (Phi) is 3.06. The number of nitrogens with one attached hydrogen (secondary N) is 1. The maximum absolute atomic E-state index is 11.2. The average molecular weight is 265 g/mol. The van der Waals surface area contributed by atoms with Crippen molar-refractivity contribution >= 4 is 16.7 Å². The van der Waals surface area contributed by atoms with E-state index in [4.69, 9.17) is 0 Å². The molecule has 4 heteroatoms. The highest BCUT2D eigenvalue weighted by Gasteiger charge is 2.12. The number of fused-ring (bicyclic) bond motifs is 1. The molecule has 3 aromatic rings. The lowest BCUT2D eigenvalue weighted by Gasteiger charge is -2.03. The Labute approximate surface area is 116 Å². The van der Waals surface area contributed by atoms with Crippen LogP contribution in [-0.2, 0) is 11.2 Å². The van der Waals surface area contributed by atoms with Crippen LogP contribution in [0.5, 0.6) is 0 Å². The molecule has 0 amide bonds. The highest BCUT2D eigenvalue weighted by molar-refractivity contribution is 5.96. The fourth-order valence-corrected chi connectivity index (χ4v) is 2.45. The van der Waals surface area contributed by atoms with Crippen LogP contribution in [0.25, 0.3) is 22.2 Å². The second kappa shape index (κ2) is 4.89. The zero-order chi connectivity index (χ0) is 14.1. The molecule has 0 saturated carbocycles. The van der Waals surface area contributed by atoms with Gasteiger partial charge in [-0.05, 0) is 26.0 Å². The summed E-state index contributed by atoms with van der Waals surface area (Å²) in [4.78, 5) is 23.2. The van der Waals surface area contributed by atoms with Gasteiger partial charge in [0.1, 0.15) is 11.6 Å². The van der Waals surface area contributed by atoms with Crippen LogP contribution in [0.4, 0.5) is 0 Å². The number of rotatable bonds is 3. The molecule has 0 aliphatic rings. The van der Waals surface area contributed by atoms with Crippen LogP contribution in [0.15, 0.2) is 36.5 Å². The summed E-state index contributed by atoms with van der Waals surface area (Å²) in [5.41, 5.74) is 4.09. The summed E-state index contributed by atoms with van der Waals surface area (Å²) < 4.78 is 0. The first kappa shape index (κ1) is 12.5. The second-order valence-corrected chi connectivity index (χ2v) is 4.91.